The van der Waals surface area contributed by atoms with Gasteiger partial charge in [0.25, 0.3) is 0 Å². The minimum absolute atomic E-state index is 0.0698. The molecule has 0 saturated heterocycles. The van der Waals surface area contributed by atoms with Gasteiger partial charge < -0.3 is 11.1 Å². The topological polar surface area (TPSA) is 90.0 Å². The predicted octanol–water partition coefficient (Wildman–Crippen LogP) is 0.516. The lowest BCUT2D eigenvalue weighted by Gasteiger charge is -2.13. The van der Waals surface area contributed by atoms with E-state index in [0.717, 1.165) is 5.69 Å². The van der Waals surface area contributed by atoms with Gasteiger partial charge in [0.2, 0.25) is 0 Å². The second kappa shape index (κ2) is 4.06. The zero-order chi connectivity index (χ0) is 12.6. The van der Waals surface area contributed by atoms with E-state index in [0.29, 0.717) is 18.1 Å². The first-order valence-electron chi connectivity index (χ1n) is 5.43. The number of sulfone groups is 1. The second-order valence-corrected chi connectivity index (χ2v) is 6.00. The first-order chi connectivity index (χ1) is 7.93. The molecule has 7 heteroatoms. The van der Waals surface area contributed by atoms with Crippen molar-refractivity contribution in [3.8, 4) is 0 Å². The molecule has 0 radical (unpaired) electrons. The quantitative estimate of drug-likeness (QED) is 0.822. The lowest BCUT2D eigenvalue weighted by molar-refractivity contribution is 0.604. The molecule has 94 valence electrons. The van der Waals surface area contributed by atoms with E-state index in [4.69, 9.17) is 5.73 Å². The molecular formula is C10H16N4O2S. The van der Waals surface area contributed by atoms with Crippen molar-refractivity contribution >= 4 is 21.3 Å². The minimum Gasteiger partial charge on any atom is -0.394 e. The van der Waals surface area contributed by atoms with E-state index in [9.17, 15) is 8.42 Å². The van der Waals surface area contributed by atoms with Crippen LogP contribution < -0.4 is 11.1 Å². The smallest absolute Gasteiger partial charge is 0.173 e. The van der Waals surface area contributed by atoms with Crippen LogP contribution in [0.1, 0.15) is 12.6 Å². The molecule has 6 nitrogen and oxygen atoms in total. The van der Waals surface area contributed by atoms with Crippen molar-refractivity contribution in [1.29, 1.82) is 0 Å². The van der Waals surface area contributed by atoms with Crippen LogP contribution in [0.2, 0.25) is 0 Å². The van der Waals surface area contributed by atoms with Crippen LogP contribution in [0.5, 0.6) is 0 Å². The molecule has 0 bridgehead atoms. The number of aryl methyl sites for hydroxylation is 2. The van der Waals surface area contributed by atoms with Crippen LogP contribution >= 0.6 is 0 Å². The zero-order valence-corrected chi connectivity index (χ0v) is 10.7. The molecule has 2 heterocycles. The molecule has 17 heavy (non-hydrogen) atoms. The normalized spacial score (nSPS) is 21.9. The number of rotatable bonds is 3. The molecule has 1 unspecified atom stereocenters. The largest absolute Gasteiger partial charge is 0.394 e. The highest BCUT2D eigenvalue weighted by Gasteiger charge is 2.23. The fourth-order valence-corrected chi connectivity index (χ4v) is 3.05. The Morgan fingerprint density at radius 3 is 2.88 bits per heavy atom. The Balaban J connectivity index is 2.23. The first kappa shape index (κ1) is 12.0. The Hall–Kier alpha value is -1.50. The van der Waals surface area contributed by atoms with Crippen molar-refractivity contribution in [2.75, 3.05) is 16.8 Å². The summed E-state index contributed by atoms with van der Waals surface area (Å²) in [6.07, 6.45) is 1.64. The summed E-state index contributed by atoms with van der Waals surface area (Å²) < 4.78 is 24.3. The van der Waals surface area contributed by atoms with Crippen molar-refractivity contribution in [3.63, 3.8) is 0 Å². The molecular weight excluding hydrogens is 240 g/mol. The van der Waals surface area contributed by atoms with E-state index in [1.807, 2.05) is 13.8 Å². The summed E-state index contributed by atoms with van der Waals surface area (Å²) in [5.41, 5.74) is 7.23. The highest BCUT2D eigenvalue weighted by Crippen LogP contribution is 2.24. The fourth-order valence-electron chi connectivity index (χ4n) is 1.82. The SMILES string of the molecule is CCn1nc(C)c(N)c1NC1C=CS(=O)(=O)C1. The van der Waals surface area contributed by atoms with E-state index >= 15 is 0 Å². The molecule has 0 spiro atoms. The molecule has 0 fully saturated rings. The van der Waals surface area contributed by atoms with Crippen LogP contribution in [-0.4, -0.2) is 30.0 Å². The number of nitrogens with zero attached hydrogens (tertiary/aromatic N) is 2. The van der Waals surface area contributed by atoms with Crippen molar-refractivity contribution < 1.29 is 8.42 Å². The van der Waals surface area contributed by atoms with Gasteiger partial charge >= 0.3 is 0 Å². The third-order valence-electron chi connectivity index (χ3n) is 2.73. The van der Waals surface area contributed by atoms with E-state index in [1.165, 1.54) is 5.41 Å². The highest BCUT2D eigenvalue weighted by molar-refractivity contribution is 7.94. The summed E-state index contributed by atoms with van der Waals surface area (Å²) in [5.74, 6) is 0.761. The van der Waals surface area contributed by atoms with Crippen molar-refractivity contribution in [3.05, 3.63) is 17.2 Å². The maximum Gasteiger partial charge on any atom is 0.173 e. The van der Waals surface area contributed by atoms with Crippen LogP contribution in [0.4, 0.5) is 11.5 Å². The Labute approximate surface area is 100 Å². The maximum atomic E-state index is 11.3. The Bertz CT molecular complexity index is 559. The lowest BCUT2D eigenvalue weighted by atomic mass is 10.3. The van der Waals surface area contributed by atoms with Gasteiger partial charge in [0.05, 0.1) is 23.2 Å². The summed E-state index contributed by atoms with van der Waals surface area (Å²) >= 11 is 0. The molecule has 0 amide bonds. The molecule has 1 aliphatic heterocycles. The Morgan fingerprint density at radius 1 is 1.65 bits per heavy atom. The molecule has 1 atom stereocenters. The molecule has 0 aliphatic carbocycles. The van der Waals surface area contributed by atoms with Crippen LogP contribution in [0.25, 0.3) is 0 Å². The third kappa shape index (κ3) is 2.28. The van der Waals surface area contributed by atoms with E-state index in [2.05, 4.69) is 10.4 Å². The average molecular weight is 256 g/mol. The van der Waals surface area contributed by atoms with Crippen molar-refractivity contribution in [1.82, 2.24) is 9.78 Å². The fraction of sp³-hybridized carbons (Fsp3) is 0.500. The van der Waals surface area contributed by atoms with Gasteiger partial charge in [-0.15, -0.1) is 0 Å². The van der Waals surface area contributed by atoms with E-state index in [-0.39, 0.29) is 11.8 Å². The van der Waals surface area contributed by atoms with Gasteiger partial charge in [-0.25, -0.2) is 13.1 Å². The van der Waals surface area contributed by atoms with Crippen molar-refractivity contribution in [2.45, 2.75) is 26.4 Å². The minimum atomic E-state index is -3.05. The second-order valence-electron chi connectivity index (χ2n) is 4.07. The molecule has 1 aromatic heterocycles. The number of nitrogen functional groups attached to an aromatic ring is 1. The van der Waals surface area contributed by atoms with Crippen LogP contribution in [0.15, 0.2) is 11.5 Å². The van der Waals surface area contributed by atoms with Gasteiger partial charge in [0.1, 0.15) is 5.82 Å². The number of hydrogen-bond acceptors (Lipinski definition) is 5. The molecule has 1 aliphatic rings. The number of nitrogens with one attached hydrogen (secondary N) is 1. The molecule has 0 saturated carbocycles. The van der Waals surface area contributed by atoms with Crippen LogP contribution in [0, 0.1) is 6.92 Å². The number of nitrogens with two attached hydrogens (primary N) is 1. The van der Waals surface area contributed by atoms with E-state index in [1.54, 1.807) is 10.8 Å². The maximum absolute atomic E-state index is 11.3. The van der Waals surface area contributed by atoms with Gasteiger partial charge in [-0.3, -0.25) is 0 Å². The Kier molecular flexibility index (Phi) is 2.86. The summed E-state index contributed by atoms with van der Waals surface area (Å²) in [7, 11) is -3.05. The Morgan fingerprint density at radius 2 is 2.35 bits per heavy atom. The molecule has 3 N–H and O–H groups in total. The van der Waals surface area contributed by atoms with Crippen LogP contribution in [-0.2, 0) is 16.4 Å². The summed E-state index contributed by atoms with van der Waals surface area (Å²) in [6, 6.07) is -0.233. The number of anilines is 2. The van der Waals surface area contributed by atoms with Gasteiger partial charge in [-0.2, -0.15) is 5.10 Å². The van der Waals surface area contributed by atoms with Gasteiger partial charge in [-0.05, 0) is 19.9 Å². The standard InChI is InChI=1S/C10H16N4O2S/c1-3-14-10(9(11)7(2)13-14)12-8-4-5-17(15,16)6-8/h4-5,8,12H,3,6,11H2,1-2H3. The third-order valence-corrected chi connectivity index (χ3v) is 4.12. The van der Waals surface area contributed by atoms with Gasteiger partial charge in [0, 0.05) is 12.0 Å². The van der Waals surface area contributed by atoms with Gasteiger partial charge in [-0.1, -0.05) is 0 Å². The average Bonchev–Trinajstić information content (AvgIpc) is 2.73. The van der Waals surface area contributed by atoms with Crippen LogP contribution in [0.3, 0.4) is 0 Å². The monoisotopic (exact) mass is 256 g/mol. The first-order valence-corrected chi connectivity index (χ1v) is 7.15. The van der Waals surface area contributed by atoms with Crippen molar-refractivity contribution in [2.24, 2.45) is 0 Å². The summed E-state index contributed by atoms with van der Waals surface area (Å²) in [6.45, 7) is 4.47. The molecule has 2 rings (SSSR count). The lowest BCUT2D eigenvalue weighted by Crippen LogP contribution is -2.23. The molecule has 0 aromatic carbocycles. The van der Waals surface area contributed by atoms with E-state index < -0.39 is 9.84 Å². The summed E-state index contributed by atoms with van der Waals surface area (Å²) in [4.78, 5) is 0. The zero-order valence-electron chi connectivity index (χ0n) is 9.84. The number of aromatic nitrogens is 2. The summed E-state index contributed by atoms with van der Waals surface area (Å²) in [5, 5.41) is 8.61. The predicted molar refractivity (Wildman–Crippen MR) is 67.4 cm³/mol. The highest BCUT2D eigenvalue weighted by atomic mass is 32.2. The molecule has 1 aromatic rings. The van der Waals surface area contributed by atoms with Gasteiger partial charge in [0.15, 0.2) is 9.84 Å². The number of hydrogen-bond donors (Lipinski definition) is 2.